The van der Waals surface area contributed by atoms with Crippen molar-refractivity contribution in [3.8, 4) is 11.5 Å². The fourth-order valence-corrected chi connectivity index (χ4v) is 6.18. The molecule has 3 atom stereocenters. The monoisotopic (exact) mass is 496 g/mol. The van der Waals surface area contributed by atoms with Crippen molar-refractivity contribution in [3.63, 3.8) is 0 Å². The van der Waals surface area contributed by atoms with Crippen molar-refractivity contribution in [2.75, 3.05) is 47.1 Å². The summed E-state index contributed by atoms with van der Waals surface area (Å²) >= 11 is 3.73. The van der Waals surface area contributed by atoms with Gasteiger partial charge >= 0.3 is 0 Å². The molecule has 0 amide bonds. The second-order valence-corrected chi connectivity index (χ2v) is 11.5. The third-order valence-electron chi connectivity index (χ3n) is 7.79. The highest BCUT2D eigenvalue weighted by Gasteiger charge is 2.53. The summed E-state index contributed by atoms with van der Waals surface area (Å²) in [7, 11) is 4.54. The van der Waals surface area contributed by atoms with E-state index in [1.165, 1.54) is 31.2 Å². The second-order valence-electron chi connectivity index (χ2n) is 10.7. The van der Waals surface area contributed by atoms with Gasteiger partial charge in [-0.1, -0.05) is 29.8 Å². The molecule has 0 radical (unpaired) electrons. The fraction of sp³-hybridized carbons (Fsp3) is 0.769. The lowest BCUT2D eigenvalue weighted by Crippen LogP contribution is -2.52. The predicted octanol–water partition coefficient (Wildman–Crippen LogP) is 6.30. The Balaban J connectivity index is 1.46. The van der Waals surface area contributed by atoms with Crippen LogP contribution in [0.4, 0.5) is 0 Å². The third-order valence-corrected chi connectivity index (χ3v) is 8.52. The molecular weight excluding hydrogens is 454 g/mol. The van der Waals surface area contributed by atoms with Crippen molar-refractivity contribution in [1.82, 2.24) is 0 Å². The lowest BCUT2D eigenvalue weighted by atomic mass is 9.45. The van der Waals surface area contributed by atoms with Gasteiger partial charge in [0.05, 0.1) is 33.9 Å². The third kappa shape index (κ3) is 5.97. The zero-order chi connectivity index (χ0) is 22.6. The molecule has 3 fully saturated rings. The van der Waals surface area contributed by atoms with Crippen molar-refractivity contribution in [2.45, 2.75) is 59.9 Å². The first-order chi connectivity index (χ1) is 14.7. The van der Waals surface area contributed by atoms with Crippen LogP contribution in [0.3, 0.4) is 0 Å². The molecule has 0 aromatic heterocycles. The van der Waals surface area contributed by atoms with Gasteiger partial charge in [-0.15, -0.1) is 0 Å². The van der Waals surface area contributed by atoms with E-state index in [9.17, 15) is 0 Å². The highest BCUT2D eigenvalue weighted by atomic mass is 79.9. The summed E-state index contributed by atoms with van der Waals surface area (Å²) in [5.41, 5.74) is 1.81. The molecule has 0 aliphatic heterocycles. The lowest BCUT2D eigenvalue weighted by molar-refractivity contribution is -0.904. The first kappa shape index (κ1) is 24.9. The second kappa shape index (κ2) is 10.4. The molecule has 2 bridgehead atoms. The Morgan fingerprint density at radius 1 is 1.03 bits per heavy atom. The topological polar surface area (TPSA) is 27.7 Å². The van der Waals surface area contributed by atoms with Crippen LogP contribution in [0.2, 0.25) is 0 Å². The molecule has 4 nitrogen and oxygen atoms in total. The summed E-state index contributed by atoms with van der Waals surface area (Å²) in [6, 6.07) is 4.16. The van der Waals surface area contributed by atoms with Crippen molar-refractivity contribution in [3.05, 3.63) is 22.2 Å². The van der Waals surface area contributed by atoms with Gasteiger partial charge in [0.15, 0.2) is 11.5 Å². The van der Waals surface area contributed by atoms with Crippen LogP contribution >= 0.6 is 15.9 Å². The Morgan fingerprint density at radius 3 is 2.32 bits per heavy atom. The summed E-state index contributed by atoms with van der Waals surface area (Å²) < 4.78 is 19.6. The maximum absolute atomic E-state index is 6.12. The van der Waals surface area contributed by atoms with E-state index in [0.29, 0.717) is 18.6 Å². The minimum Gasteiger partial charge on any atom is -0.490 e. The van der Waals surface area contributed by atoms with E-state index < -0.39 is 0 Å². The molecule has 0 saturated heterocycles. The molecule has 31 heavy (non-hydrogen) atoms. The van der Waals surface area contributed by atoms with Crippen LogP contribution in [0, 0.1) is 23.2 Å². The van der Waals surface area contributed by atoms with Crippen molar-refractivity contribution in [1.29, 1.82) is 0 Å². The molecule has 3 saturated carbocycles. The van der Waals surface area contributed by atoms with E-state index in [1.54, 1.807) is 0 Å². The molecule has 3 aliphatic carbocycles. The van der Waals surface area contributed by atoms with Gasteiger partial charge in [0.1, 0.15) is 13.1 Å². The molecule has 3 aliphatic rings. The first-order valence-corrected chi connectivity index (χ1v) is 12.9. The van der Waals surface area contributed by atoms with Crippen LogP contribution < -0.4 is 9.47 Å². The van der Waals surface area contributed by atoms with Gasteiger partial charge in [-0.25, -0.2) is 0 Å². The summed E-state index contributed by atoms with van der Waals surface area (Å²) in [6.45, 7) is 13.8. The number of fused-ring (bicyclic) bond motifs is 2. The summed E-state index contributed by atoms with van der Waals surface area (Å²) in [4.78, 5) is 0. The Hall–Kier alpha value is -0.780. The number of hydrogen-bond acceptors (Lipinski definition) is 3. The van der Waals surface area contributed by atoms with Crippen molar-refractivity contribution in [2.24, 2.45) is 23.2 Å². The maximum atomic E-state index is 6.12. The summed E-state index contributed by atoms with van der Waals surface area (Å²) in [6.07, 6.45) is 5.54. The van der Waals surface area contributed by atoms with E-state index in [4.69, 9.17) is 14.2 Å². The number of benzene rings is 1. The molecule has 176 valence electrons. The van der Waals surface area contributed by atoms with Crippen LogP contribution in [0.25, 0.3) is 0 Å². The van der Waals surface area contributed by atoms with Gasteiger partial charge in [-0.3, -0.25) is 0 Å². The number of rotatable bonds is 12. The van der Waals surface area contributed by atoms with Gasteiger partial charge in [0.25, 0.3) is 0 Å². The van der Waals surface area contributed by atoms with Crippen LogP contribution in [0.15, 0.2) is 16.6 Å². The zero-order valence-corrected chi connectivity index (χ0v) is 22.1. The maximum Gasteiger partial charge on any atom is 0.162 e. The predicted molar refractivity (Wildman–Crippen MR) is 131 cm³/mol. The van der Waals surface area contributed by atoms with Gasteiger partial charge in [0.2, 0.25) is 0 Å². The Kier molecular flexibility index (Phi) is 8.37. The van der Waals surface area contributed by atoms with Crippen LogP contribution in [-0.2, 0) is 11.3 Å². The van der Waals surface area contributed by atoms with Crippen LogP contribution in [0.5, 0.6) is 11.5 Å². The molecule has 0 spiro atoms. The van der Waals surface area contributed by atoms with E-state index in [0.717, 1.165) is 64.5 Å². The smallest absolute Gasteiger partial charge is 0.162 e. The number of hydrogen-bond donors (Lipinski definition) is 0. The van der Waals surface area contributed by atoms with Gasteiger partial charge in [-0.05, 0) is 74.8 Å². The highest BCUT2D eigenvalue weighted by molar-refractivity contribution is 9.10. The highest BCUT2D eigenvalue weighted by Crippen LogP contribution is 2.61. The Morgan fingerprint density at radius 2 is 1.71 bits per heavy atom. The lowest BCUT2D eigenvalue weighted by Gasteiger charge is -2.60. The van der Waals surface area contributed by atoms with Crippen molar-refractivity contribution >= 4 is 15.9 Å². The molecule has 4 rings (SSSR count). The fourth-order valence-electron chi connectivity index (χ4n) is 5.73. The van der Waals surface area contributed by atoms with E-state index in [2.05, 4.69) is 49.9 Å². The number of quaternary nitrogens is 1. The molecule has 1 aromatic carbocycles. The normalized spacial score (nSPS) is 24.5. The van der Waals surface area contributed by atoms with Gasteiger partial charge in [0, 0.05) is 16.6 Å². The van der Waals surface area contributed by atoms with Gasteiger partial charge < -0.3 is 18.7 Å². The summed E-state index contributed by atoms with van der Waals surface area (Å²) in [5, 5.41) is 0. The number of nitrogens with zero attached hydrogens (tertiary/aromatic N) is 1. The number of likely N-dealkylation sites (N-methyl/N-ethyl adjacent to an activating group) is 1. The average Bonchev–Trinajstić information content (AvgIpc) is 2.71. The quantitative estimate of drug-likeness (QED) is 0.251. The van der Waals surface area contributed by atoms with Crippen LogP contribution in [0.1, 0.15) is 58.9 Å². The zero-order valence-electron chi connectivity index (χ0n) is 20.5. The molecule has 0 N–H and O–H groups in total. The SMILES string of the molecule is CCOc1cc(Br)c(C[N+](C)(C)CCOCCC2CCC3CC2C3(C)C)cc1OCC. The molecular formula is C26H43BrNO3+. The Labute approximate surface area is 198 Å². The average molecular weight is 498 g/mol. The molecule has 5 heteroatoms. The van der Waals surface area contributed by atoms with E-state index in [-0.39, 0.29) is 0 Å². The van der Waals surface area contributed by atoms with E-state index >= 15 is 0 Å². The summed E-state index contributed by atoms with van der Waals surface area (Å²) in [5.74, 6) is 4.42. The van der Waals surface area contributed by atoms with Gasteiger partial charge in [-0.2, -0.15) is 0 Å². The molecule has 1 aromatic rings. The number of halogens is 1. The van der Waals surface area contributed by atoms with E-state index in [1.807, 2.05) is 19.9 Å². The molecule has 0 heterocycles. The molecule has 3 unspecified atom stereocenters. The number of ether oxygens (including phenoxy) is 3. The van der Waals surface area contributed by atoms with Crippen molar-refractivity contribution < 1.29 is 18.7 Å². The minimum absolute atomic E-state index is 0.577. The standard InChI is InChI=1S/C26H43BrNO3/c1-7-30-24-15-20(23(27)17-25(24)31-8-2)18-28(5,6)12-14-29-13-11-19-9-10-21-16-22(19)26(21,3)4/h15,17,19,21-22H,7-14,16,18H2,1-6H3/q+1. The minimum atomic E-state index is 0.577. The largest absolute Gasteiger partial charge is 0.490 e. The first-order valence-electron chi connectivity index (χ1n) is 12.2. The van der Waals surface area contributed by atoms with Crippen LogP contribution in [-0.4, -0.2) is 51.6 Å². The Bertz CT molecular complexity index is 732.